The summed E-state index contributed by atoms with van der Waals surface area (Å²) in [6.07, 6.45) is 3.93. The molecule has 0 spiro atoms. The highest BCUT2D eigenvalue weighted by atomic mass is 32.1. The number of carbonyl (C=O) groups excluding carboxylic acids is 1. The highest BCUT2D eigenvalue weighted by Gasteiger charge is 2.32. The second-order valence-corrected chi connectivity index (χ2v) is 10.2. The van der Waals surface area contributed by atoms with Crippen molar-refractivity contribution in [1.82, 2.24) is 4.57 Å². The number of likely N-dealkylation sites (N-methyl/N-ethyl adjacent to an activating group) is 1. The number of fused-ring (bicyclic) bond motifs is 1. The SMILES string of the molecule is CCN1C(=c2sc(=C3C(=O)N(c4cccc([N+](=O)[O-])c4)N=C3C)n(-c3ccccc3)c2=O)C=Cc2ccccc21. The van der Waals surface area contributed by atoms with E-state index < -0.39 is 10.8 Å². The van der Waals surface area contributed by atoms with Crippen molar-refractivity contribution in [2.45, 2.75) is 13.8 Å². The molecule has 4 aromatic rings. The summed E-state index contributed by atoms with van der Waals surface area (Å²) in [5.74, 6) is -0.461. The van der Waals surface area contributed by atoms with Gasteiger partial charge in [0, 0.05) is 24.4 Å². The predicted molar refractivity (Wildman–Crippen MR) is 158 cm³/mol. The van der Waals surface area contributed by atoms with Gasteiger partial charge in [-0.15, -0.1) is 11.3 Å². The van der Waals surface area contributed by atoms with Gasteiger partial charge in [-0.3, -0.25) is 24.3 Å². The lowest BCUT2D eigenvalue weighted by atomic mass is 10.1. The normalized spacial score (nSPS) is 17.2. The average Bonchev–Trinajstić information content (AvgIpc) is 3.47. The van der Waals surface area contributed by atoms with E-state index in [1.54, 1.807) is 17.6 Å². The number of hydrogen-bond donors (Lipinski definition) is 0. The predicted octanol–water partition coefficient (Wildman–Crippen LogP) is 4.04. The van der Waals surface area contributed by atoms with E-state index in [9.17, 15) is 19.7 Å². The lowest BCUT2D eigenvalue weighted by molar-refractivity contribution is -0.384. The van der Waals surface area contributed by atoms with Gasteiger partial charge in [0.05, 0.1) is 33.3 Å². The number of nitro groups is 1. The topological polar surface area (TPSA) is 101 Å². The largest absolute Gasteiger partial charge is 0.340 e. The molecule has 1 amide bonds. The molecule has 2 aliphatic rings. The number of hydrogen-bond acceptors (Lipinski definition) is 7. The van der Waals surface area contributed by atoms with Gasteiger partial charge in [0.25, 0.3) is 17.2 Å². The fourth-order valence-corrected chi connectivity index (χ4v) is 6.25. The highest BCUT2D eigenvalue weighted by molar-refractivity contribution is 7.08. The number of nitrogens with zero attached hydrogens (tertiary/aromatic N) is 5. The number of amides is 1. The Labute approximate surface area is 232 Å². The zero-order chi connectivity index (χ0) is 28.0. The van der Waals surface area contributed by atoms with E-state index in [1.165, 1.54) is 29.5 Å². The first-order valence-electron chi connectivity index (χ1n) is 12.6. The number of rotatable bonds is 4. The van der Waals surface area contributed by atoms with Gasteiger partial charge in [0.1, 0.15) is 9.20 Å². The summed E-state index contributed by atoms with van der Waals surface area (Å²) < 4.78 is 2.49. The molecule has 9 nitrogen and oxygen atoms in total. The van der Waals surface area contributed by atoms with Crippen LogP contribution >= 0.6 is 11.3 Å². The molecule has 40 heavy (non-hydrogen) atoms. The zero-order valence-corrected chi connectivity index (χ0v) is 22.5. The van der Waals surface area contributed by atoms with E-state index in [0.717, 1.165) is 22.0 Å². The molecule has 0 radical (unpaired) electrons. The van der Waals surface area contributed by atoms with Gasteiger partial charge < -0.3 is 4.90 Å². The maximum Gasteiger partial charge on any atom is 0.283 e. The third-order valence-corrected chi connectivity index (χ3v) is 7.99. The summed E-state index contributed by atoms with van der Waals surface area (Å²) in [6.45, 7) is 4.38. The number of non-ortho nitro benzene ring substituents is 1. The van der Waals surface area contributed by atoms with Gasteiger partial charge in [0.15, 0.2) is 0 Å². The molecular formula is C30H23N5O4S. The first-order valence-corrected chi connectivity index (χ1v) is 13.5. The van der Waals surface area contributed by atoms with Gasteiger partial charge >= 0.3 is 0 Å². The Morgan fingerprint density at radius 3 is 2.40 bits per heavy atom. The molecule has 10 heteroatoms. The maximum atomic E-state index is 14.1. The van der Waals surface area contributed by atoms with Crippen LogP contribution in [0.15, 0.2) is 94.8 Å². The Hall–Kier alpha value is -5.09. The zero-order valence-electron chi connectivity index (χ0n) is 21.6. The van der Waals surface area contributed by atoms with Gasteiger partial charge in [-0.1, -0.05) is 48.5 Å². The van der Waals surface area contributed by atoms with Crippen molar-refractivity contribution in [3.05, 3.63) is 120 Å². The quantitative estimate of drug-likeness (QED) is 0.283. The number of carbonyl (C=O) groups is 1. The molecule has 0 fully saturated rings. The van der Waals surface area contributed by atoms with E-state index in [4.69, 9.17) is 0 Å². The third-order valence-electron chi connectivity index (χ3n) is 6.82. The smallest absolute Gasteiger partial charge is 0.283 e. The van der Waals surface area contributed by atoms with Crippen molar-refractivity contribution in [3.63, 3.8) is 0 Å². The first-order chi connectivity index (χ1) is 19.4. The number of anilines is 2. The van der Waals surface area contributed by atoms with Crippen LogP contribution in [0.25, 0.3) is 23.0 Å². The standard InChI is InChI=1S/C30H23N5O4S/c1-3-32-24-15-8-7-10-20(24)16-17-25(32)27-29(37)33(21-11-5-4-6-12-21)30(40-27)26-19(2)31-34(28(26)36)22-13-9-14-23(18-22)35(38)39/h4-18H,3H2,1-2H3. The van der Waals surface area contributed by atoms with Crippen LogP contribution in [-0.2, 0) is 4.79 Å². The molecule has 0 bridgehead atoms. The van der Waals surface area contributed by atoms with Crippen LogP contribution in [0.1, 0.15) is 19.4 Å². The monoisotopic (exact) mass is 549 g/mol. The molecule has 2 aliphatic heterocycles. The minimum Gasteiger partial charge on any atom is -0.340 e. The van der Waals surface area contributed by atoms with Crippen molar-refractivity contribution in [2.75, 3.05) is 16.5 Å². The summed E-state index contributed by atoms with van der Waals surface area (Å²) in [6, 6.07) is 22.9. The molecule has 0 unspecified atom stereocenters. The molecule has 0 aliphatic carbocycles. The van der Waals surface area contributed by atoms with Crippen LogP contribution in [0.5, 0.6) is 0 Å². The molecule has 198 valence electrons. The van der Waals surface area contributed by atoms with Crippen LogP contribution in [0.2, 0.25) is 0 Å². The van der Waals surface area contributed by atoms with Gasteiger partial charge in [-0.2, -0.15) is 10.1 Å². The molecule has 3 heterocycles. The minimum absolute atomic E-state index is 0.147. The van der Waals surface area contributed by atoms with Crippen molar-refractivity contribution in [1.29, 1.82) is 0 Å². The summed E-state index contributed by atoms with van der Waals surface area (Å²) in [5, 5.41) is 16.9. The average molecular weight is 550 g/mol. The second-order valence-electron chi connectivity index (χ2n) is 9.19. The van der Waals surface area contributed by atoms with E-state index in [-0.39, 0.29) is 22.5 Å². The first kappa shape index (κ1) is 25.2. The Balaban J connectivity index is 1.63. The van der Waals surface area contributed by atoms with Crippen molar-refractivity contribution in [3.8, 4) is 5.69 Å². The maximum absolute atomic E-state index is 14.1. The summed E-state index contributed by atoms with van der Waals surface area (Å²) in [7, 11) is 0. The van der Waals surface area contributed by atoms with Crippen LogP contribution in [0, 0.1) is 10.1 Å². The van der Waals surface area contributed by atoms with Crippen LogP contribution in [-0.4, -0.2) is 27.7 Å². The molecule has 6 rings (SSSR count). The van der Waals surface area contributed by atoms with Crippen LogP contribution in [0.4, 0.5) is 17.1 Å². The number of aromatic nitrogens is 1. The fraction of sp³-hybridized carbons (Fsp3) is 0.100. The lowest BCUT2D eigenvalue weighted by Gasteiger charge is -2.28. The van der Waals surface area contributed by atoms with Crippen LogP contribution in [0.3, 0.4) is 0 Å². The second kappa shape index (κ2) is 9.90. The number of nitro benzene ring substituents is 1. The van der Waals surface area contributed by atoms with Gasteiger partial charge in [-0.05, 0) is 49.8 Å². The van der Waals surface area contributed by atoms with Crippen molar-refractivity contribution in [2.24, 2.45) is 5.10 Å². The molecule has 1 aromatic heterocycles. The summed E-state index contributed by atoms with van der Waals surface area (Å²) in [4.78, 5) is 40.9. The number of benzene rings is 3. The molecule has 0 saturated heterocycles. The fourth-order valence-electron chi connectivity index (χ4n) is 4.98. The van der Waals surface area contributed by atoms with Crippen LogP contribution < -0.4 is 24.7 Å². The molecule has 3 aromatic carbocycles. The Bertz CT molecular complexity index is 1940. The number of para-hydroxylation sites is 2. The number of thiazole rings is 1. The van der Waals surface area contributed by atoms with E-state index in [0.29, 0.717) is 27.1 Å². The Kier molecular flexibility index (Phi) is 6.24. The number of hydrazone groups is 1. The van der Waals surface area contributed by atoms with E-state index >= 15 is 0 Å². The molecular weight excluding hydrogens is 526 g/mol. The minimum atomic E-state index is -0.517. The summed E-state index contributed by atoms with van der Waals surface area (Å²) in [5.41, 5.74) is 4.00. The lowest BCUT2D eigenvalue weighted by Crippen LogP contribution is -2.36. The van der Waals surface area contributed by atoms with Crippen molar-refractivity contribution < 1.29 is 9.72 Å². The third kappa shape index (κ3) is 4.05. The van der Waals surface area contributed by atoms with Gasteiger partial charge in [0.2, 0.25) is 0 Å². The van der Waals surface area contributed by atoms with E-state index in [1.807, 2.05) is 73.7 Å². The molecule has 0 saturated carbocycles. The molecule has 0 N–H and O–H groups in total. The van der Waals surface area contributed by atoms with Crippen molar-refractivity contribution >= 4 is 57.4 Å². The van der Waals surface area contributed by atoms with Gasteiger partial charge in [-0.25, -0.2) is 0 Å². The summed E-state index contributed by atoms with van der Waals surface area (Å²) >= 11 is 1.24. The highest BCUT2D eigenvalue weighted by Crippen LogP contribution is 2.31. The molecule has 0 atom stereocenters. The Morgan fingerprint density at radius 2 is 1.65 bits per heavy atom. The Morgan fingerprint density at radius 1 is 0.925 bits per heavy atom. The van der Waals surface area contributed by atoms with E-state index in [2.05, 4.69) is 10.0 Å².